The molecule has 1 amide bonds. The molecule has 0 saturated carbocycles. The maximum absolute atomic E-state index is 13.7. The van der Waals surface area contributed by atoms with Crippen molar-refractivity contribution in [1.82, 2.24) is 15.5 Å². The van der Waals surface area contributed by atoms with Crippen LogP contribution in [-0.4, -0.2) is 35.5 Å². The van der Waals surface area contributed by atoms with Crippen LogP contribution in [0.5, 0.6) is 11.5 Å². The second-order valence-corrected chi connectivity index (χ2v) is 8.17. The molecule has 164 valence electrons. The van der Waals surface area contributed by atoms with E-state index in [4.69, 9.17) is 14.0 Å². The SMILES string of the molecule is COc1ccc(CNC(=O)C(C)SCc2nc(-c3ccc(C)c(F)c3)no2)cc1OC. The monoisotopic (exact) mass is 445 g/mol. The first-order valence-corrected chi connectivity index (χ1v) is 10.7. The number of halogens is 1. The summed E-state index contributed by atoms with van der Waals surface area (Å²) in [5, 5.41) is 6.47. The summed E-state index contributed by atoms with van der Waals surface area (Å²) in [5.74, 6) is 1.87. The Labute approximate surface area is 184 Å². The largest absolute Gasteiger partial charge is 0.493 e. The Morgan fingerprint density at radius 2 is 1.97 bits per heavy atom. The molecule has 1 unspecified atom stereocenters. The van der Waals surface area contributed by atoms with Crippen LogP contribution < -0.4 is 14.8 Å². The van der Waals surface area contributed by atoms with Gasteiger partial charge in [0.2, 0.25) is 17.6 Å². The molecule has 0 aliphatic heterocycles. The van der Waals surface area contributed by atoms with Gasteiger partial charge in [-0.1, -0.05) is 23.4 Å². The fourth-order valence-electron chi connectivity index (χ4n) is 2.76. The molecular formula is C22H24FN3O4S. The lowest BCUT2D eigenvalue weighted by molar-refractivity contribution is -0.120. The van der Waals surface area contributed by atoms with Gasteiger partial charge in [-0.25, -0.2) is 4.39 Å². The van der Waals surface area contributed by atoms with Crippen molar-refractivity contribution < 1.29 is 23.2 Å². The van der Waals surface area contributed by atoms with Crippen LogP contribution >= 0.6 is 11.8 Å². The zero-order chi connectivity index (χ0) is 22.4. The minimum atomic E-state index is -0.327. The van der Waals surface area contributed by atoms with Crippen molar-refractivity contribution in [1.29, 1.82) is 0 Å². The van der Waals surface area contributed by atoms with E-state index in [0.29, 0.717) is 46.6 Å². The number of benzene rings is 2. The Morgan fingerprint density at radius 3 is 2.68 bits per heavy atom. The molecule has 0 fully saturated rings. The topological polar surface area (TPSA) is 86.5 Å². The third-order valence-corrected chi connectivity index (χ3v) is 5.77. The number of thioether (sulfide) groups is 1. The van der Waals surface area contributed by atoms with Crippen molar-refractivity contribution in [2.24, 2.45) is 0 Å². The summed E-state index contributed by atoms with van der Waals surface area (Å²) in [7, 11) is 3.14. The fraction of sp³-hybridized carbons (Fsp3) is 0.318. The molecule has 3 rings (SSSR count). The number of nitrogens with zero attached hydrogens (tertiary/aromatic N) is 2. The quantitative estimate of drug-likeness (QED) is 0.530. The number of ether oxygens (including phenoxy) is 2. The van der Waals surface area contributed by atoms with E-state index in [2.05, 4.69) is 15.5 Å². The van der Waals surface area contributed by atoms with Gasteiger partial charge < -0.3 is 19.3 Å². The lowest BCUT2D eigenvalue weighted by Gasteiger charge is -2.13. The van der Waals surface area contributed by atoms with Gasteiger partial charge in [-0.05, 0) is 43.2 Å². The number of rotatable bonds is 9. The lowest BCUT2D eigenvalue weighted by atomic mass is 10.1. The van der Waals surface area contributed by atoms with E-state index in [-0.39, 0.29) is 17.0 Å². The average Bonchev–Trinajstić information content (AvgIpc) is 3.26. The molecule has 0 aliphatic carbocycles. The van der Waals surface area contributed by atoms with Crippen LogP contribution in [0.1, 0.15) is 23.9 Å². The van der Waals surface area contributed by atoms with Crippen LogP contribution in [-0.2, 0) is 17.1 Å². The van der Waals surface area contributed by atoms with Crippen molar-refractivity contribution in [2.75, 3.05) is 14.2 Å². The summed E-state index contributed by atoms with van der Waals surface area (Å²) in [6, 6.07) is 10.3. The molecule has 2 aromatic carbocycles. The number of carbonyl (C=O) groups is 1. The van der Waals surface area contributed by atoms with Gasteiger partial charge in [0.25, 0.3) is 0 Å². The summed E-state index contributed by atoms with van der Waals surface area (Å²) < 4.78 is 29.5. The van der Waals surface area contributed by atoms with E-state index < -0.39 is 0 Å². The van der Waals surface area contributed by atoms with Gasteiger partial charge >= 0.3 is 0 Å². The first kappa shape index (κ1) is 22.6. The molecule has 9 heteroatoms. The number of methoxy groups -OCH3 is 2. The van der Waals surface area contributed by atoms with Crippen LogP contribution in [0.4, 0.5) is 4.39 Å². The molecule has 1 aromatic heterocycles. The van der Waals surface area contributed by atoms with Gasteiger partial charge in [0.15, 0.2) is 11.5 Å². The van der Waals surface area contributed by atoms with Crippen LogP contribution in [0.25, 0.3) is 11.4 Å². The molecule has 0 radical (unpaired) electrons. The van der Waals surface area contributed by atoms with E-state index in [0.717, 1.165) is 5.56 Å². The number of carbonyl (C=O) groups excluding carboxylic acids is 1. The molecule has 7 nitrogen and oxygen atoms in total. The fourth-order valence-corrected chi connectivity index (χ4v) is 3.50. The first-order chi connectivity index (χ1) is 14.9. The summed E-state index contributed by atoms with van der Waals surface area (Å²) in [5.41, 5.74) is 2.00. The number of hydrogen-bond donors (Lipinski definition) is 1. The Kier molecular flexibility index (Phi) is 7.51. The summed E-state index contributed by atoms with van der Waals surface area (Å²) in [4.78, 5) is 16.7. The van der Waals surface area contributed by atoms with Crippen molar-refractivity contribution >= 4 is 17.7 Å². The van der Waals surface area contributed by atoms with Gasteiger partial charge in [0.1, 0.15) is 5.82 Å². The van der Waals surface area contributed by atoms with Gasteiger partial charge in [0.05, 0.1) is 25.2 Å². The molecule has 1 N–H and O–H groups in total. The predicted octanol–water partition coefficient (Wildman–Crippen LogP) is 4.14. The molecule has 0 spiro atoms. The highest BCUT2D eigenvalue weighted by molar-refractivity contribution is 7.99. The Balaban J connectivity index is 1.51. The van der Waals surface area contributed by atoms with E-state index in [1.807, 2.05) is 12.1 Å². The van der Waals surface area contributed by atoms with E-state index >= 15 is 0 Å². The Bertz CT molecular complexity index is 1060. The summed E-state index contributed by atoms with van der Waals surface area (Å²) in [6.45, 7) is 3.87. The standard InChI is InChI=1S/C22H24FN3O4S/c1-13-5-7-16(10-17(13)23)21-25-20(30-26-21)12-31-14(2)22(27)24-11-15-6-8-18(28-3)19(9-15)29-4/h5-10,14H,11-12H2,1-4H3,(H,24,27). The van der Waals surface area contributed by atoms with Crippen LogP contribution in [0.3, 0.4) is 0 Å². The number of amides is 1. The van der Waals surface area contributed by atoms with Gasteiger partial charge in [0, 0.05) is 12.1 Å². The molecule has 31 heavy (non-hydrogen) atoms. The number of aryl methyl sites for hydroxylation is 1. The van der Waals surface area contributed by atoms with Crippen LogP contribution in [0.2, 0.25) is 0 Å². The molecule has 1 atom stereocenters. The molecule has 0 saturated heterocycles. The Hall–Kier alpha value is -3.07. The van der Waals surface area contributed by atoms with Crippen LogP contribution in [0, 0.1) is 12.7 Å². The minimum absolute atomic E-state index is 0.111. The second-order valence-electron chi connectivity index (χ2n) is 6.84. The van der Waals surface area contributed by atoms with Gasteiger partial charge in [-0.3, -0.25) is 4.79 Å². The number of aromatic nitrogens is 2. The lowest BCUT2D eigenvalue weighted by Crippen LogP contribution is -2.30. The zero-order valence-electron chi connectivity index (χ0n) is 17.8. The van der Waals surface area contributed by atoms with Crippen molar-refractivity contribution in [3.05, 3.63) is 59.2 Å². The molecule has 1 heterocycles. The van der Waals surface area contributed by atoms with Gasteiger partial charge in [-0.2, -0.15) is 4.98 Å². The Morgan fingerprint density at radius 1 is 1.19 bits per heavy atom. The van der Waals surface area contributed by atoms with Crippen molar-refractivity contribution in [2.45, 2.75) is 31.4 Å². The molecular weight excluding hydrogens is 421 g/mol. The highest BCUT2D eigenvalue weighted by atomic mass is 32.2. The smallest absolute Gasteiger partial charge is 0.236 e. The van der Waals surface area contributed by atoms with Gasteiger partial charge in [-0.15, -0.1) is 11.8 Å². The number of nitrogens with one attached hydrogen (secondary N) is 1. The summed E-state index contributed by atoms with van der Waals surface area (Å²) >= 11 is 1.37. The molecule has 0 aliphatic rings. The highest BCUT2D eigenvalue weighted by Crippen LogP contribution is 2.27. The maximum Gasteiger partial charge on any atom is 0.236 e. The van der Waals surface area contributed by atoms with Crippen LogP contribution in [0.15, 0.2) is 40.9 Å². The molecule has 0 bridgehead atoms. The van der Waals surface area contributed by atoms with Crippen molar-refractivity contribution in [3.63, 3.8) is 0 Å². The third-order valence-electron chi connectivity index (χ3n) is 4.64. The average molecular weight is 446 g/mol. The zero-order valence-corrected chi connectivity index (χ0v) is 18.6. The minimum Gasteiger partial charge on any atom is -0.493 e. The number of hydrogen-bond acceptors (Lipinski definition) is 7. The van der Waals surface area contributed by atoms with E-state index in [9.17, 15) is 9.18 Å². The van der Waals surface area contributed by atoms with E-state index in [1.165, 1.54) is 17.8 Å². The highest BCUT2D eigenvalue weighted by Gasteiger charge is 2.17. The maximum atomic E-state index is 13.7. The predicted molar refractivity (Wildman–Crippen MR) is 117 cm³/mol. The molecule has 3 aromatic rings. The third kappa shape index (κ3) is 5.75. The van der Waals surface area contributed by atoms with Crippen molar-refractivity contribution in [3.8, 4) is 22.9 Å². The second kappa shape index (κ2) is 10.3. The summed E-state index contributed by atoms with van der Waals surface area (Å²) in [6.07, 6.45) is 0. The van der Waals surface area contributed by atoms with E-state index in [1.54, 1.807) is 46.3 Å². The normalized spacial score (nSPS) is 11.8. The first-order valence-electron chi connectivity index (χ1n) is 9.60.